The molecule has 0 heterocycles. The van der Waals surface area contributed by atoms with Gasteiger partial charge in [-0.15, -0.1) is 0 Å². The van der Waals surface area contributed by atoms with Gasteiger partial charge in [0.2, 0.25) is 0 Å². The van der Waals surface area contributed by atoms with Crippen molar-refractivity contribution >= 4 is 6.16 Å². The molecule has 0 saturated heterocycles. The Kier molecular flexibility index (Phi) is 5.01. The van der Waals surface area contributed by atoms with Gasteiger partial charge in [0.25, 0.3) is 0 Å². The molecule has 0 unspecified atom stereocenters. The fourth-order valence-corrected chi connectivity index (χ4v) is 1.46. The van der Waals surface area contributed by atoms with Gasteiger partial charge >= 0.3 is 6.16 Å². The average molecular weight is 236 g/mol. The molecular weight excluding hydrogens is 216 g/mol. The van der Waals surface area contributed by atoms with Crippen molar-refractivity contribution in [3.63, 3.8) is 0 Å². The summed E-state index contributed by atoms with van der Waals surface area (Å²) in [5.41, 5.74) is 3.32. The number of ether oxygens (including phenoxy) is 2. The minimum Gasteiger partial charge on any atom is -0.434 e. The lowest BCUT2D eigenvalue weighted by atomic mass is 10.0. The number of hydrogen-bond acceptors (Lipinski definition) is 3. The molecule has 17 heavy (non-hydrogen) atoms. The molecule has 0 aliphatic heterocycles. The van der Waals surface area contributed by atoms with Crippen LogP contribution in [0.5, 0.6) is 5.75 Å². The number of carbonyl (C=O) groups is 1. The first-order valence-corrected chi connectivity index (χ1v) is 5.97. The highest BCUT2D eigenvalue weighted by Gasteiger charge is 2.10. The average Bonchev–Trinajstić information content (AvgIpc) is 2.30. The third-order valence-electron chi connectivity index (χ3n) is 2.92. The van der Waals surface area contributed by atoms with Gasteiger partial charge in [-0.3, -0.25) is 0 Å². The highest BCUT2D eigenvalue weighted by molar-refractivity contribution is 5.65. The van der Waals surface area contributed by atoms with Crippen molar-refractivity contribution in [2.45, 2.75) is 40.5 Å². The number of carbonyl (C=O) groups excluding carboxylic acids is 1. The topological polar surface area (TPSA) is 35.5 Å². The first kappa shape index (κ1) is 13.6. The largest absolute Gasteiger partial charge is 0.513 e. The number of rotatable bonds is 4. The van der Waals surface area contributed by atoms with E-state index in [4.69, 9.17) is 9.47 Å². The predicted octanol–water partition coefficient (Wildman–Crippen LogP) is 3.93. The van der Waals surface area contributed by atoms with Crippen LogP contribution in [0.25, 0.3) is 0 Å². The van der Waals surface area contributed by atoms with Gasteiger partial charge in [-0.25, -0.2) is 4.79 Å². The quantitative estimate of drug-likeness (QED) is 0.451. The lowest BCUT2D eigenvalue weighted by Crippen LogP contribution is -2.12. The van der Waals surface area contributed by atoms with Gasteiger partial charge in [0.1, 0.15) is 5.75 Å². The maximum absolute atomic E-state index is 11.4. The molecular formula is C14H20O3. The summed E-state index contributed by atoms with van der Waals surface area (Å²) < 4.78 is 10.1. The van der Waals surface area contributed by atoms with Crippen LogP contribution in [-0.4, -0.2) is 12.8 Å². The Labute approximate surface area is 103 Å². The molecule has 0 bridgehead atoms. The molecule has 1 aromatic carbocycles. The summed E-state index contributed by atoms with van der Waals surface area (Å²) in [6.45, 7) is 8.45. The highest BCUT2D eigenvalue weighted by atomic mass is 16.7. The van der Waals surface area contributed by atoms with E-state index in [9.17, 15) is 4.79 Å². The molecule has 3 heteroatoms. The Morgan fingerprint density at radius 1 is 1.18 bits per heavy atom. The summed E-state index contributed by atoms with van der Waals surface area (Å²) in [6.07, 6.45) is 1.24. The smallest absolute Gasteiger partial charge is 0.434 e. The monoisotopic (exact) mass is 236 g/mol. The summed E-state index contributed by atoms with van der Waals surface area (Å²) in [6, 6.07) is 3.75. The lowest BCUT2D eigenvalue weighted by molar-refractivity contribution is 0.0975. The molecule has 0 N–H and O–H groups in total. The van der Waals surface area contributed by atoms with Crippen LogP contribution in [0.4, 0.5) is 4.79 Å². The Balaban J connectivity index is 2.63. The molecule has 1 rings (SSSR count). The van der Waals surface area contributed by atoms with Crippen molar-refractivity contribution in [2.75, 3.05) is 6.61 Å². The van der Waals surface area contributed by atoms with E-state index < -0.39 is 6.16 Å². The van der Waals surface area contributed by atoms with E-state index in [2.05, 4.69) is 0 Å². The zero-order chi connectivity index (χ0) is 12.8. The third kappa shape index (κ3) is 3.77. The molecule has 0 aliphatic rings. The van der Waals surface area contributed by atoms with E-state index in [1.54, 1.807) is 6.07 Å². The third-order valence-corrected chi connectivity index (χ3v) is 2.92. The fourth-order valence-electron chi connectivity index (χ4n) is 1.46. The van der Waals surface area contributed by atoms with Crippen LogP contribution in [0.15, 0.2) is 12.1 Å². The summed E-state index contributed by atoms with van der Waals surface area (Å²) >= 11 is 0. The standard InChI is InChI=1S/C14H20O3/c1-5-6-9-16-14(15)17-13-8-7-10(2)11(3)12(13)4/h7-8H,5-6,9H2,1-4H3. The van der Waals surface area contributed by atoms with Crippen LogP contribution in [0.3, 0.4) is 0 Å². The van der Waals surface area contributed by atoms with Crippen molar-refractivity contribution < 1.29 is 14.3 Å². The molecule has 0 radical (unpaired) electrons. The molecule has 0 aromatic heterocycles. The normalized spacial score (nSPS) is 10.1. The van der Waals surface area contributed by atoms with Crippen molar-refractivity contribution in [1.82, 2.24) is 0 Å². The number of benzene rings is 1. The van der Waals surface area contributed by atoms with Crippen molar-refractivity contribution in [3.8, 4) is 5.75 Å². The maximum atomic E-state index is 11.4. The van der Waals surface area contributed by atoms with Crippen LogP contribution in [0, 0.1) is 20.8 Å². The Bertz CT molecular complexity index is 397. The van der Waals surface area contributed by atoms with Gasteiger partial charge in [-0.1, -0.05) is 19.4 Å². The molecule has 0 aliphatic carbocycles. The summed E-state index contributed by atoms with van der Waals surface area (Å²) in [5, 5.41) is 0. The predicted molar refractivity (Wildman–Crippen MR) is 67.5 cm³/mol. The maximum Gasteiger partial charge on any atom is 0.513 e. The van der Waals surface area contributed by atoms with Crippen LogP contribution in [-0.2, 0) is 4.74 Å². The molecule has 1 aromatic rings. The Morgan fingerprint density at radius 3 is 2.53 bits per heavy atom. The minimum atomic E-state index is -0.621. The number of aryl methyl sites for hydroxylation is 1. The molecule has 0 fully saturated rings. The van der Waals surface area contributed by atoms with Gasteiger partial charge in [0.15, 0.2) is 0 Å². The molecule has 0 spiro atoms. The second-order valence-electron chi connectivity index (χ2n) is 4.18. The molecule has 0 amide bonds. The van der Waals surface area contributed by atoms with Crippen LogP contribution >= 0.6 is 0 Å². The summed E-state index contributed by atoms with van der Waals surface area (Å²) in [4.78, 5) is 11.4. The van der Waals surface area contributed by atoms with Crippen molar-refractivity contribution in [2.24, 2.45) is 0 Å². The van der Waals surface area contributed by atoms with Gasteiger partial charge < -0.3 is 9.47 Å². The van der Waals surface area contributed by atoms with Crippen LogP contribution in [0.2, 0.25) is 0 Å². The van der Waals surface area contributed by atoms with E-state index >= 15 is 0 Å². The zero-order valence-electron chi connectivity index (χ0n) is 11.0. The summed E-state index contributed by atoms with van der Waals surface area (Å²) in [7, 11) is 0. The Hall–Kier alpha value is -1.51. The minimum absolute atomic E-state index is 0.416. The van der Waals surface area contributed by atoms with Gasteiger partial charge in [0, 0.05) is 0 Å². The summed E-state index contributed by atoms with van der Waals surface area (Å²) in [5.74, 6) is 0.578. The van der Waals surface area contributed by atoms with Gasteiger partial charge in [0.05, 0.1) is 6.61 Å². The van der Waals surface area contributed by atoms with Crippen LogP contribution in [0.1, 0.15) is 36.5 Å². The molecule has 0 atom stereocenters. The number of hydrogen-bond donors (Lipinski definition) is 0. The first-order valence-electron chi connectivity index (χ1n) is 5.97. The van der Waals surface area contributed by atoms with Crippen LogP contribution < -0.4 is 4.74 Å². The van der Waals surface area contributed by atoms with E-state index in [1.807, 2.05) is 33.8 Å². The SMILES string of the molecule is CCCCOC(=O)Oc1ccc(C)c(C)c1C. The first-order chi connectivity index (χ1) is 8.06. The zero-order valence-corrected chi connectivity index (χ0v) is 11.0. The van der Waals surface area contributed by atoms with E-state index in [0.717, 1.165) is 24.0 Å². The molecule has 94 valence electrons. The second-order valence-corrected chi connectivity index (χ2v) is 4.18. The van der Waals surface area contributed by atoms with Crippen molar-refractivity contribution in [1.29, 1.82) is 0 Å². The lowest BCUT2D eigenvalue weighted by Gasteiger charge is -2.11. The number of unbranched alkanes of at least 4 members (excludes halogenated alkanes) is 1. The fraction of sp³-hybridized carbons (Fsp3) is 0.500. The van der Waals surface area contributed by atoms with Crippen molar-refractivity contribution in [3.05, 3.63) is 28.8 Å². The van der Waals surface area contributed by atoms with E-state index in [1.165, 1.54) is 5.56 Å². The second kappa shape index (κ2) is 6.28. The molecule has 0 saturated carbocycles. The van der Waals surface area contributed by atoms with Gasteiger partial charge in [-0.05, 0) is 49.9 Å². The Morgan fingerprint density at radius 2 is 1.88 bits per heavy atom. The molecule has 3 nitrogen and oxygen atoms in total. The highest BCUT2D eigenvalue weighted by Crippen LogP contribution is 2.24. The van der Waals surface area contributed by atoms with E-state index in [-0.39, 0.29) is 0 Å². The van der Waals surface area contributed by atoms with Gasteiger partial charge in [-0.2, -0.15) is 0 Å². The van der Waals surface area contributed by atoms with E-state index in [0.29, 0.717) is 12.4 Å².